The van der Waals surface area contributed by atoms with Gasteiger partial charge in [0.05, 0.1) is 11.0 Å². The number of hydrogen-bond donors (Lipinski definition) is 2. The lowest BCUT2D eigenvalue weighted by Crippen LogP contribution is -2.31. The maximum absolute atomic E-state index is 12.1. The number of aromatic nitrogens is 3. The molecule has 6 heteroatoms. The Bertz CT molecular complexity index is 874. The molecule has 0 radical (unpaired) electrons. The minimum absolute atomic E-state index is 0.104. The summed E-state index contributed by atoms with van der Waals surface area (Å²) in [4.78, 5) is 34.8. The fourth-order valence-electron chi connectivity index (χ4n) is 2.31. The van der Waals surface area contributed by atoms with Gasteiger partial charge in [-0.05, 0) is 42.7 Å². The zero-order valence-electron chi connectivity index (χ0n) is 12.5. The molecule has 0 spiro atoms. The molecule has 1 aromatic carbocycles. The third kappa shape index (κ3) is 3.60. The van der Waals surface area contributed by atoms with Crippen LogP contribution < -0.4 is 10.9 Å². The Balaban J connectivity index is 1.62. The summed E-state index contributed by atoms with van der Waals surface area (Å²) >= 11 is 0. The van der Waals surface area contributed by atoms with Crippen LogP contribution in [0.25, 0.3) is 11.0 Å². The number of carbonyl (C=O) groups is 1. The number of nitrogens with one attached hydrogen (secondary N) is 2. The molecular weight excluding hydrogens is 292 g/mol. The summed E-state index contributed by atoms with van der Waals surface area (Å²) in [6, 6.07) is 11.0. The molecule has 2 heterocycles. The molecule has 0 bridgehead atoms. The van der Waals surface area contributed by atoms with E-state index in [1.165, 1.54) is 0 Å². The van der Waals surface area contributed by atoms with E-state index in [9.17, 15) is 9.59 Å². The SMILES string of the molecule is O=C(NCCCc1ccncc1)c1nc2ccccc2[nH]c1=O. The number of rotatable bonds is 5. The van der Waals surface area contributed by atoms with Gasteiger partial charge in [-0.25, -0.2) is 4.98 Å². The van der Waals surface area contributed by atoms with Gasteiger partial charge in [-0.2, -0.15) is 0 Å². The quantitative estimate of drug-likeness (QED) is 0.702. The van der Waals surface area contributed by atoms with E-state index in [1.807, 2.05) is 18.2 Å². The first-order valence-corrected chi connectivity index (χ1v) is 7.40. The second-order valence-electron chi connectivity index (χ2n) is 5.15. The van der Waals surface area contributed by atoms with Crippen LogP contribution in [0.3, 0.4) is 0 Å². The predicted molar refractivity (Wildman–Crippen MR) is 87.3 cm³/mol. The van der Waals surface area contributed by atoms with Crippen LogP contribution >= 0.6 is 0 Å². The predicted octanol–water partition coefficient (Wildman–Crippen LogP) is 1.68. The molecule has 0 aliphatic carbocycles. The highest BCUT2D eigenvalue weighted by atomic mass is 16.2. The number of H-pyrrole nitrogens is 1. The van der Waals surface area contributed by atoms with Crippen molar-refractivity contribution in [2.24, 2.45) is 0 Å². The van der Waals surface area contributed by atoms with Crippen molar-refractivity contribution in [1.29, 1.82) is 0 Å². The van der Waals surface area contributed by atoms with Crippen molar-refractivity contribution in [2.75, 3.05) is 6.54 Å². The van der Waals surface area contributed by atoms with Gasteiger partial charge < -0.3 is 10.3 Å². The molecule has 0 unspecified atom stereocenters. The summed E-state index contributed by atoms with van der Waals surface area (Å²) in [6.07, 6.45) is 5.10. The first-order chi connectivity index (χ1) is 11.2. The number of pyridine rings is 1. The van der Waals surface area contributed by atoms with Crippen LogP contribution in [0.1, 0.15) is 22.5 Å². The molecule has 23 heavy (non-hydrogen) atoms. The van der Waals surface area contributed by atoms with E-state index in [0.29, 0.717) is 17.6 Å². The lowest BCUT2D eigenvalue weighted by Gasteiger charge is -2.05. The van der Waals surface area contributed by atoms with Crippen molar-refractivity contribution in [1.82, 2.24) is 20.3 Å². The summed E-state index contributed by atoms with van der Waals surface area (Å²) in [7, 11) is 0. The van der Waals surface area contributed by atoms with Crippen LogP contribution in [0.5, 0.6) is 0 Å². The van der Waals surface area contributed by atoms with Gasteiger partial charge in [0, 0.05) is 18.9 Å². The summed E-state index contributed by atoms with van der Waals surface area (Å²) in [6.45, 7) is 0.481. The molecule has 0 aliphatic heterocycles. The van der Waals surface area contributed by atoms with Crippen LogP contribution in [0.15, 0.2) is 53.6 Å². The monoisotopic (exact) mass is 308 g/mol. The number of carbonyl (C=O) groups excluding carboxylic acids is 1. The molecule has 6 nitrogen and oxygen atoms in total. The maximum Gasteiger partial charge on any atom is 0.280 e. The largest absolute Gasteiger partial charge is 0.351 e. The fourth-order valence-corrected chi connectivity index (χ4v) is 2.31. The number of nitrogens with zero attached hydrogens (tertiary/aromatic N) is 2. The molecule has 2 N–H and O–H groups in total. The van der Waals surface area contributed by atoms with Gasteiger partial charge in [0.25, 0.3) is 11.5 Å². The van der Waals surface area contributed by atoms with Gasteiger partial charge in [-0.3, -0.25) is 14.6 Å². The van der Waals surface area contributed by atoms with Crippen molar-refractivity contribution < 1.29 is 4.79 Å². The molecule has 0 fully saturated rings. The van der Waals surface area contributed by atoms with Gasteiger partial charge in [-0.1, -0.05) is 12.1 Å². The Labute approximate surface area is 132 Å². The van der Waals surface area contributed by atoms with Crippen molar-refractivity contribution in [3.8, 4) is 0 Å². The molecule has 0 saturated carbocycles. The molecule has 0 saturated heterocycles. The van der Waals surface area contributed by atoms with Crippen LogP contribution in [0.4, 0.5) is 0 Å². The van der Waals surface area contributed by atoms with Gasteiger partial charge >= 0.3 is 0 Å². The maximum atomic E-state index is 12.1. The van der Waals surface area contributed by atoms with Gasteiger partial charge in [0.1, 0.15) is 0 Å². The average molecular weight is 308 g/mol. The second-order valence-corrected chi connectivity index (χ2v) is 5.15. The van der Waals surface area contributed by atoms with E-state index in [2.05, 4.69) is 20.3 Å². The smallest absolute Gasteiger partial charge is 0.280 e. The molecular formula is C17H16N4O2. The number of fused-ring (bicyclic) bond motifs is 1. The van der Waals surface area contributed by atoms with Crippen LogP contribution in [0, 0.1) is 0 Å². The van der Waals surface area contributed by atoms with Crippen LogP contribution in [0.2, 0.25) is 0 Å². The Morgan fingerprint density at radius 1 is 1.13 bits per heavy atom. The Kier molecular flexibility index (Phi) is 4.42. The Morgan fingerprint density at radius 3 is 2.74 bits per heavy atom. The molecule has 116 valence electrons. The summed E-state index contributed by atoms with van der Waals surface area (Å²) in [5.41, 5.74) is 1.79. The van der Waals surface area contributed by atoms with Gasteiger partial charge in [0.15, 0.2) is 5.69 Å². The summed E-state index contributed by atoms with van der Waals surface area (Å²) < 4.78 is 0. The van der Waals surface area contributed by atoms with E-state index in [0.717, 1.165) is 18.4 Å². The number of aromatic amines is 1. The summed E-state index contributed by atoms with van der Waals surface area (Å²) in [5.74, 6) is -0.452. The van der Waals surface area contributed by atoms with Crippen molar-refractivity contribution in [2.45, 2.75) is 12.8 Å². The molecule has 1 amide bonds. The highest BCUT2D eigenvalue weighted by Crippen LogP contribution is 2.06. The van der Waals surface area contributed by atoms with E-state index < -0.39 is 11.5 Å². The van der Waals surface area contributed by atoms with E-state index in [4.69, 9.17) is 0 Å². The van der Waals surface area contributed by atoms with Gasteiger partial charge in [-0.15, -0.1) is 0 Å². The number of amides is 1. The van der Waals surface area contributed by atoms with E-state index >= 15 is 0 Å². The molecule has 3 rings (SSSR count). The number of para-hydroxylation sites is 2. The first-order valence-electron chi connectivity index (χ1n) is 7.40. The second kappa shape index (κ2) is 6.83. The lowest BCUT2D eigenvalue weighted by atomic mass is 10.1. The molecule has 2 aromatic heterocycles. The minimum atomic E-state index is -0.477. The van der Waals surface area contributed by atoms with E-state index in [1.54, 1.807) is 30.6 Å². The van der Waals surface area contributed by atoms with Crippen molar-refractivity contribution in [3.05, 3.63) is 70.4 Å². The lowest BCUT2D eigenvalue weighted by molar-refractivity contribution is 0.0947. The number of hydrogen-bond acceptors (Lipinski definition) is 4. The van der Waals surface area contributed by atoms with Crippen LogP contribution in [-0.2, 0) is 6.42 Å². The zero-order chi connectivity index (χ0) is 16.1. The third-order valence-corrected chi connectivity index (χ3v) is 3.49. The standard InChI is InChI=1S/C17H16N4O2/c22-16(19-9-3-4-12-7-10-18-11-8-12)15-17(23)21-14-6-2-1-5-13(14)20-15/h1-2,5-8,10-11H,3-4,9H2,(H,19,22)(H,21,23). The Morgan fingerprint density at radius 2 is 1.91 bits per heavy atom. The average Bonchev–Trinajstić information content (AvgIpc) is 2.59. The fraction of sp³-hybridized carbons (Fsp3) is 0.176. The number of benzene rings is 1. The van der Waals surface area contributed by atoms with Crippen molar-refractivity contribution in [3.63, 3.8) is 0 Å². The first kappa shape index (κ1) is 14.9. The molecule has 0 aliphatic rings. The molecule has 0 atom stereocenters. The molecule has 3 aromatic rings. The van der Waals surface area contributed by atoms with E-state index in [-0.39, 0.29) is 5.69 Å². The van der Waals surface area contributed by atoms with Crippen LogP contribution in [-0.4, -0.2) is 27.4 Å². The zero-order valence-corrected chi connectivity index (χ0v) is 12.5. The van der Waals surface area contributed by atoms with Crippen molar-refractivity contribution >= 4 is 16.9 Å². The number of aryl methyl sites for hydroxylation is 1. The third-order valence-electron chi connectivity index (χ3n) is 3.49. The topological polar surface area (TPSA) is 87.7 Å². The minimum Gasteiger partial charge on any atom is -0.351 e. The van der Waals surface area contributed by atoms with Gasteiger partial charge in [0.2, 0.25) is 0 Å². The highest BCUT2D eigenvalue weighted by molar-refractivity contribution is 5.93. The summed E-state index contributed by atoms with van der Waals surface area (Å²) in [5, 5.41) is 2.74. The normalized spacial score (nSPS) is 10.6. The highest BCUT2D eigenvalue weighted by Gasteiger charge is 2.13. The Hall–Kier alpha value is -3.02.